The van der Waals surface area contributed by atoms with Crippen LogP contribution >= 0.6 is 11.3 Å². The van der Waals surface area contributed by atoms with Crippen molar-refractivity contribution >= 4 is 17.3 Å². The van der Waals surface area contributed by atoms with Gasteiger partial charge in [0.25, 0.3) is 0 Å². The van der Waals surface area contributed by atoms with Crippen LogP contribution < -0.4 is 0 Å². The summed E-state index contributed by atoms with van der Waals surface area (Å²) in [5, 5.41) is 3.94. The van der Waals surface area contributed by atoms with E-state index in [0.29, 0.717) is 23.6 Å². The van der Waals surface area contributed by atoms with Crippen LogP contribution in [0, 0.1) is 13.8 Å². The van der Waals surface area contributed by atoms with Gasteiger partial charge >= 0.3 is 5.97 Å². The Morgan fingerprint density at radius 3 is 2.82 bits per heavy atom. The molecule has 2 aromatic heterocycles. The summed E-state index contributed by atoms with van der Waals surface area (Å²) in [7, 11) is 0. The highest BCUT2D eigenvalue weighted by Gasteiger charge is 2.23. The maximum Gasteiger partial charge on any atom is 0.344 e. The monoisotopic (exact) mass is 251 g/mol. The summed E-state index contributed by atoms with van der Waals surface area (Å²) in [6, 6.07) is 3.92. The van der Waals surface area contributed by atoms with Crippen molar-refractivity contribution in [2.75, 3.05) is 6.61 Å². The molecule has 0 aliphatic rings. The lowest BCUT2D eigenvalue weighted by Gasteiger charge is -2.00. The van der Waals surface area contributed by atoms with Crippen molar-refractivity contribution in [2.24, 2.45) is 0 Å². The Morgan fingerprint density at radius 1 is 1.47 bits per heavy atom. The zero-order valence-electron chi connectivity index (χ0n) is 9.94. The minimum Gasteiger partial charge on any atom is -0.462 e. The lowest BCUT2D eigenvalue weighted by atomic mass is 10.2. The first kappa shape index (κ1) is 11.9. The number of hydrogen-bond donors (Lipinski definition) is 0. The van der Waals surface area contributed by atoms with E-state index in [1.54, 1.807) is 25.2 Å². The van der Waals surface area contributed by atoms with E-state index in [4.69, 9.17) is 9.26 Å². The van der Waals surface area contributed by atoms with Gasteiger partial charge in [-0.3, -0.25) is 0 Å². The molecule has 17 heavy (non-hydrogen) atoms. The lowest BCUT2D eigenvalue weighted by molar-refractivity contribution is 0.0525. The van der Waals surface area contributed by atoms with Crippen LogP contribution in [0.5, 0.6) is 0 Å². The summed E-state index contributed by atoms with van der Waals surface area (Å²) >= 11 is 1.57. The zero-order valence-corrected chi connectivity index (χ0v) is 10.8. The minimum absolute atomic E-state index is 0.340. The van der Waals surface area contributed by atoms with Gasteiger partial charge in [0.1, 0.15) is 17.0 Å². The van der Waals surface area contributed by atoms with Crippen LogP contribution in [0.15, 0.2) is 16.7 Å². The second-order valence-electron chi connectivity index (χ2n) is 3.59. The molecule has 0 aliphatic heterocycles. The van der Waals surface area contributed by atoms with Crippen LogP contribution in [-0.2, 0) is 4.74 Å². The molecule has 0 radical (unpaired) electrons. The smallest absolute Gasteiger partial charge is 0.344 e. The van der Waals surface area contributed by atoms with Crippen LogP contribution in [0.25, 0.3) is 10.6 Å². The van der Waals surface area contributed by atoms with E-state index < -0.39 is 0 Å². The Bertz CT molecular complexity index is 542. The Hall–Kier alpha value is -1.62. The minimum atomic E-state index is -0.382. The summed E-state index contributed by atoms with van der Waals surface area (Å²) in [6.45, 7) is 5.83. The normalized spacial score (nSPS) is 10.5. The third kappa shape index (κ3) is 2.24. The summed E-state index contributed by atoms with van der Waals surface area (Å²) in [4.78, 5) is 13.9. The molecule has 0 unspecified atom stereocenters. The number of rotatable bonds is 3. The molecule has 0 amide bonds. The van der Waals surface area contributed by atoms with Gasteiger partial charge in [-0.05, 0) is 32.9 Å². The fourth-order valence-corrected chi connectivity index (χ4v) is 2.40. The van der Waals surface area contributed by atoms with Crippen LogP contribution in [0.3, 0.4) is 0 Å². The molecular formula is C12H13NO3S. The number of esters is 1. The van der Waals surface area contributed by atoms with Gasteiger partial charge in [-0.2, -0.15) is 0 Å². The van der Waals surface area contributed by atoms with Crippen molar-refractivity contribution in [1.29, 1.82) is 0 Å². The van der Waals surface area contributed by atoms with Crippen molar-refractivity contribution < 1.29 is 14.1 Å². The molecule has 5 heteroatoms. The lowest BCUT2D eigenvalue weighted by Crippen LogP contribution is -2.06. The fraction of sp³-hybridized carbons (Fsp3) is 0.333. The fourth-order valence-electron chi connectivity index (χ4n) is 1.55. The summed E-state index contributed by atoms with van der Waals surface area (Å²) in [5.41, 5.74) is 0.993. The molecule has 0 N–H and O–H groups in total. The molecule has 90 valence electrons. The number of aryl methyl sites for hydroxylation is 2. The number of ether oxygens (including phenoxy) is 1. The standard InChI is InChI=1S/C12H13NO3S/c1-4-15-12(14)10-8(3)16-13-11(10)9-6-5-7(2)17-9/h5-6H,4H2,1-3H3. The number of aromatic nitrogens is 1. The second-order valence-corrected chi connectivity index (χ2v) is 4.88. The van der Waals surface area contributed by atoms with E-state index >= 15 is 0 Å². The molecule has 0 bridgehead atoms. The maximum absolute atomic E-state index is 11.8. The first-order valence-corrected chi connectivity index (χ1v) is 6.15. The highest BCUT2D eigenvalue weighted by molar-refractivity contribution is 7.15. The topological polar surface area (TPSA) is 52.3 Å². The molecular weight excluding hydrogens is 238 g/mol. The summed E-state index contributed by atoms with van der Waals surface area (Å²) in [6.07, 6.45) is 0. The third-order valence-electron chi connectivity index (χ3n) is 2.32. The number of nitrogens with zero attached hydrogens (tertiary/aromatic N) is 1. The number of carbonyl (C=O) groups is 1. The Balaban J connectivity index is 2.45. The molecule has 0 saturated heterocycles. The highest BCUT2D eigenvalue weighted by Crippen LogP contribution is 2.31. The Morgan fingerprint density at radius 2 is 2.24 bits per heavy atom. The average molecular weight is 251 g/mol. The molecule has 0 atom stereocenters. The predicted molar refractivity (Wildman–Crippen MR) is 65.2 cm³/mol. The van der Waals surface area contributed by atoms with Crippen LogP contribution in [0.4, 0.5) is 0 Å². The SMILES string of the molecule is CCOC(=O)c1c(-c2ccc(C)s2)noc1C. The molecule has 2 rings (SSSR count). The molecule has 0 aromatic carbocycles. The van der Waals surface area contributed by atoms with Crippen molar-refractivity contribution in [3.05, 3.63) is 28.3 Å². The van der Waals surface area contributed by atoms with Gasteiger partial charge in [-0.25, -0.2) is 4.79 Å². The first-order valence-electron chi connectivity index (χ1n) is 5.33. The Kier molecular flexibility index (Phi) is 3.28. The van der Waals surface area contributed by atoms with E-state index in [2.05, 4.69) is 5.16 Å². The van der Waals surface area contributed by atoms with Crippen molar-refractivity contribution in [2.45, 2.75) is 20.8 Å². The molecule has 0 fully saturated rings. The second kappa shape index (κ2) is 4.71. The van der Waals surface area contributed by atoms with Gasteiger partial charge in [-0.15, -0.1) is 11.3 Å². The summed E-state index contributed by atoms with van der Waals surface area (Å²) in [5.74, 6) is 0.108. The summed E-state index contributed by atoms with van der Waals surface area (Å²) < 4.78 is 10.1. The van der Waals surface area contributed by atoms with E-state index in [0.717, 1.165) is 9.75 Å². The average Bonchev–Trinajstić information content (AvgIpc) is 2.85. The quantitative estimate of drug-likeness (QED) is 0.786. The number of thiophene rings is 1. The molecule has 4 nitrogen and oxygen atoms in total. The van der Waals surface area contributed by atoms with Gasteiger partial charge in [0.2, 0.25) is 0 Å². The van der Waals surface area contributed by atoms with Crippen molar-refractivity contribution in [3.63, 3.8) is 0 Å². The van der Waals surface area contributed by atoms with Gasteiger partial charge < -0.3 is 9.26 Å². The molecule has 2 aromatic rings. The van der Waals surface area contributed by atoms with E-state index in [1.165, 1.54) is 0 Å². The van der Waals surface area contributed by atoms with Gasteiger partial charge in [0, 0.05) is 4.88 Å². The van der Waals surface area contributed by atoms with Crippen molar-refractivity contribution in [3.8, 4) is 10.6 Å². The maximum atomic E-state index is 11.8. The van der Waals surface area contributed by atoms with E-state index in [1.807, 2.05) is 19.1 Å². The number of hydrogen-bond acceptors (Lipinski definition) is 5. The van der Waals surface area contributed by atoms with Gasteiger partial charge in [-0.1, -0.05) is 5.16 Å². The van der Waals surface area contributed by atoms with Crippen LogP contribution in [-0.4, -0.2) is 17.7 Å². The third-order valence-corrected chi connectivity index (χ3v) is 3.32. The molecule has 0 saturated carbocycles. The van der Waals surface area contributed by atoms with Crippen molar-refractivity contribution in [1.82, 2.24) is 5.16 Å². The predicted octanol–water partition coefficient (Wildman–Crippen LogP) is 3.20. The first-order chi connectivity index (χ1) is 8.13. The molecule has 0 spiro atoms. The highest BCUT2D eigenvalue weighted by atomic mass is 32.1. The van der Waals surface area contributed by atoms with Crippen LogP contribution in [0.1, 0.15) is 27.9 Å². The number of carbonyl (C=O) groups excluding carboxylic acids is 1. The van der Waals surface area contributed by atoms with Gasteiger partial charge in [0.05, 0.1) is 11.5 Å². The molecule has 2 heterocycles. The zero-order chi connectivity index (χ0) is 12.4. The van der Waals surface area contributed by atoms with E-state index in [-0.39, 0.29) is 5.97 Å². The molecule has 0 aliphatic carbocycles. The Labute approximate surface area is 103 Å². The largest absolute Gasteiger partial charge is 0.462 e. The van der Waals surface area contributed by atoms with E-state index in [9.17, 15) is 4.79 Å². The van der Waals surface area contributed by atoms with Crippen LogP contribution in [0.2, 0.25) is 0 Å². The van der Waals surface area contributed by atoms with Gasteiger partial charge in [0.15, 0.2) is 0 Å².